The Morgan fingerprint density at radius 1 is 0.310 bits per heavy atom. The zero-order chi connectivity index (χ0) is 38.6. The van der Waals surface area contributed by atoms with Crippen LogP contribution in [0.4, 0.5) is 0 Å². The molecule has 6 aromatic carbocycles. The number of hydrogen-bond acceptors (Lipinski definition) is 3. The highest BCUT2D eigenvalue weighted by atomic mass is 14.8. The van der Waals surface area contributed by atoms with Crippen LogP contribution in [0.25, 0.3) is 78.4 Å². The molecule has 0 unspecified atom stereocenters. The second-order valence-corrected chi connectivity index (χ2v) is 16.3. The summed E-state index contributed by atoms with van der Waals surface area (Å²) in [4.78, 5) is 14.3. The van der Waals surface area contributed by atoms with Gasteiger partial charge in [0.2, 0.25) is 0 Å². The van der Waals surface area contributed by atoms with Crippen LogP contribution in [0.1, 0.15) is 47.2 Å². The van der Waals surface area contributed by atoms with E-state index >= 15 is 0 Å². The van der Waals surface area contributed by atoms with Gasteiger partial charge in [-0.05, 0) is 144 Å². The Balaban J connectivity index is 0.973. The second kappa shape index (κ2) is 12.1. The van der Waals surface area contributed by atoms with E-state index in [9.17, 15) is 0 Å². The monoisotopic (exact) mass is 739 g/mol. The van der Waals surface area contributed by atoms with Gasteiger partial charge in [-0.15, -0.1) is 0 Å². The maximum atomic E-state index is 5.03. The number of pyridine rings is 3. The molecule has 3 aliphatic carbocycles. The van der Waals surface area contributed by atoms with E-state index in [1.165, 1.54) is 77.9 Å². The fourth-order valence-electron chi connectivity index (χ4n) is 10.4. The van der Waals surface area contributed by atoms with Crippen molar-refractivity contribution in [1.82, 2.24) is 15.0 Å². The molecule has 0 radical (unpaired) electrons. The highest BCUT2D eigenvalue weighted by Gasteiger charge is 2.51. The summed E-state index contributed by atoms with van der Waals surface area (Å²) in [6.45, 7) is 4.74. The van der Waals surface area contributed by atoms with Crippen molar-refractivity contribution in [3.8, 4) is 78.4 Å². The van der Waals surface area contributed by atoms with Crippen LogP contribution in [0, 0.1) is 0 Å². The van der Waals surface area contributed by atoms with Crippen LogP contribution < -0.4 is 0 Å². The highest BCUT2D eigenvalue weighted by molar-refractivity contribution is 5.96. The molecular formula is C55H37N3. The standard InChI is InChI=1S/C55H37N3/c1-54(2)47-29-34(35-22-26-43-40-15-5-8-18-46(40)55(49(43)31-35)44-16-6-3-13-38(44)39-14-4-7-17-45(39)55)21-24-41(47)42-25-23-36(30-48(42)54)37-32-52(50-19-9-11-27-56-50)58-53(33-37)51-20-10-12-28-57-51/h3-33H,1-2H3. The maximum Gasteiger partial charge on any atom is 0.0900 e. The molecule has 58 heavy (non-hydrogen) atoms. The number of nitrogens with zero attached hydrogens (tertiary/aromatic N) is 3. The van der Waals surface area contributed by atoms with Gasteiger partial charge in [0.1, 0.15) is 0 Å². The Kier molecular flexibility index (Phi) is 6.90. The van der Waals surface area contributed by atoms with Crippen molar-refractivity contribution in [3.63, 3.8) is 0 Å². The van der Waals surface area contributed by atoms with Crippen molar-refractivity contribution < 1.29 is 0 Å². The van der Waals surface area contributed by atoms with Crippen LogP contribution in [-0.2, 0) is 10.8 Å². The molecule has 1 spiro atoms. The normalized spacial score (nSPS) is 14.3. The van der Waals surface area contributed by atoms with Crippen molar-refractivity contribution in [2.45, 2.75) is 24.7 Å². The zero-order valence-electron chi connectivity index (χ0n) is 32.2. The minimum atomic E-state index is -0.363. The summed E-state index contributed by atoms with van der Waals surface area (Å²) in [6.07, 6.45) is 3.64. The molecule has 9 aromatic rings. The number of aromatic nitrogens is 3. The molecule has 0 bridgehead atoms. The van der Waals surface area contributed by atoms with Gasteiger partial charge >= 0.3 is 0 Å². The Bertz CT molecular complexity index is 3020. The van der Waals surface area contributed by atoms with E-state index in [4.69, 9.17) is 4.98 Å². The van der Waals surface area contributed by atoms with Gasteiger partial charge in [0.15, 0.2) is 0 Å². The van der Waals surface area contributed by atoms with E-state index < -0.39 is 0 Å². The SMILES string of the molecule is CC1(C)c2cc(-c3cc(-c4ccccn4)nc(-c4ccccn4)c3)ccc2-c2ccc(-c3ccc4c(c3)C3(c5ccccc5-c5ccccc53)c3ccccc3-4)cc21. The number of fused-ring (bicyclic) bond motifs is 13. The van der Waals surface area contributed by atoms with E-state index in [1.807, 2.05) is 48.8 Å². The molecule has 3 aromatic heterocycles. The summed E-state index contributed by atoms with van der Waals surface area (Å²) in [5.74, 6) is 0. The summed E-state index contributed by atoms with van der Waals surface area (Å²) >= 11 is 0. The first-order valence-corrected chi connectivity index (χ1v) is 20.1. The van der Waals surface area contributed by atoms with Gasteiger partial charge in [0.25, 0.3) is 0 Å². The molecule has 3 heteroatoms. The summed E-state index contributed by atoms with van der Waals surface area (Å²) in [5, 5.41) is 0. The first kappa shape index (κ1) is 33.0. The third kappa shape index (κ3) is 4.53. The quantitative estimate of drug-likeness (QED) is 0.180. The van der Waals surface area contributed by atoms with Gasteiger partial charge in [-0.3, -0.25) is 9.97 Å². The van der Waals surface area contributed by atoms with Crippen LogP contribution >= 0.6 is 0 Å². The Labute approximate surface area is 338 Å². The van der Waals surface area contributed by atoms with E-state index in [2.05, 4.69) is 163 Å². The molecule has 0 amide bonds. The number of benzene rings is 6. The smallest absolute Gasteiger partial charge is 0.0900 e. The third-order valence-electron chi connectivity index (χ3n) is 13.0. The topological polar surface area (TPSA) is 38.7 Å². The zero-order valence-corrected chi connectivity index (χ0v) is 32.2. The predicted molar refractivity (Wildman–Crippen MR) is 235 cm³/mol. The van der Waals surface area contributed by atoms with E-state index in [-0.39, 0.29) is 10.8 Å². The fraction of sp³-hybridized carbons (Fsp3) is 0.0727. The molecule has 272 valence electrons. The van der Waals surface area contributed by atoms with E-state index in [0.717, 1.165) is 33.9 Å². The van der Waals surface area contributed by atoms with Gasteiger partial charge < -0.3 is 0 Å². The Hall–Kier alpha value is -7.23. The van der Waals surface area contributed by atoms with Crippen molar-refractivity contribution in [2.75, 3.05) is 0 Å². The largest absolute Gasteiger partial charge is 0.255 e. The van der Waals surface area contributed by atoms with Crippen LogP contribution in [0.3, 0.4) is 0 Å². The lowest BCUT2D eigenvalue weighted by molar-refractivity contribution is 0.661. The van der Waals surface area contributed by atoms with Gasteiger partial charge in [-0.25, -0.2) is 4.98 Å². The molecule has 0 saturated carbocycles. The lowest BCUT2D eigenvalue weighted by Crippen LogP contribution is -2.25. The molecule has 3 nitrogen and oxygen atoms in total. The lowest BCUT2D eigenvalue weighted by atomic mass is 9.70. The Morgan fingerprint density at radius 3 is 1.14 bits per heavy atom. The van der Waals surface area contributed by atoms with Crippen LogP contribution in [0.2, 0.25) is 0 Å². The molecule has 3 aliphatic rings. The summed E-state index contributed by atoms with van der Waals surface area (Å²) in [5.41, 5.74) is 23.5. The van der Waals surface area contributed by atoms with E-state index in [1.54, 1.807) is 0 Å². The molecule has 0 N–H and O–H groups in total. The fourth-order valence-corrected chi connectivity index (χ4v) is 10.4. The van der Waals surface area contributed by atoms with Crippen LogP contribution in [0.5, 0.6) is 0 Å². The molecule has 3 heterocycles. The van der Waals surface area contributed by atoms with Crippen molar-refractivity contribution >= 4 is 0 Å². The van der Waals surface area contributed by atoms with Gasteiger partial charge in [-0.1, -0.05) is 135 Å². The summed E-state index contributed by atoms with van der Waals surface area (Å²) < 4.78 is 0. The summed E-state index contributed by atoms with van der Waals surface area (Å²) in [6, 6.07) is 64.6. The first-order valence-electron chi connectivity index (χ1n) is 20.1. The number of hydrogen-bond donors (Lipinski definition) is 0. The third-order valence-corrected chi connectivity index (χ3v) is 13.0. The van der Waals surface area contributed by atoms with Gasteiger partial charge in [0.05, 0.1) is 28.2 Å². The van der Waals surface area contributed by atoms with Crippen LogP contribution in [-0.4, -0.2) is 15.0 Å². The maximum absolute atomic E-state index is 5.03. The molecule has 12 rings (SSSR count). The average molecular weight is 740 g/mol. The molecule has 0 atom stereocenters. The highest BCUT2D eigenvalue weighted by Crippen LogP contribution is 2.63. The minimum absolute atomic E-state index is 0.213. The predicted octanol–water partition coefficient (Wildman–Crippen LogP) is 13.2. The Morgan fingerprint density at radius 2 is 0.690 bits per heavy atom. The van der Waals surface area contributed by atoms with Crippen LogP contribution in [0.15, 0.2) is 188 Å². The summed E-state index contributed by atoms with van der Waals surface area (Å²) in [7, 11) is 0. The van der Waals surface area contributed by atoms with E-state index in [0.29, 0.717) is 0 Å². The second-order valence-electron chi connectivity index (χ2n) is 16.3. The van der Waals surface area contributed by atoms with Crippen molar-refractivity contribution in [3.05, 3.63) is 222 Å². The molecule has 0 fully saturated rings. The van der Waals surface area contributed by atoms with Gasteiger partial charge in [0, 0.05) is 17.8 Å². The first-order chi connectivity index (χ1) is 28.5. The molecule has 0 saturated heterocycles. The van der Waals surface area contributed by atoms with Crippen molar-refractivity contribution in [1.29, 1.82) is 0 Å². The minimum Gasteiger partial charge on any atom is -0.255 e. The lowest BCUT2D eigenvalue weighted by Gasteiger charge is -2.30. The molecular weight excluding hydrogens is 703 g/mol. The number of rotatable bonds is 4. The van der Waals surface area contributed by atoms with Gasteiger partial charge in [-0.2, -0.15) is 0 Å². The van der Waals surface area contributed by atoms with Crippen molar-refractivity contribution in [2.24, 2.45) is 0 Å². The average Bonchev–Trinajstić information content (AvgIpc) is 3.84. The molecule has 0 aliphatic heterocycles.